The molecule has 0 spiro atoms. The van der Waals surface area contributed by atoms with Crippen LogP contribution in [-0.2, 0) is 14.3 Å². The van der Waals surface area contributed by atoms with Gasteiger partial charge in [-0.1, -0.05) is 12.8 Å². The molecule has 1 aliphatic rings. The number of benzene rings is 1. The van der Waals surface area contributed by atoms with Crippen molar-refractivity contribution in [2.75, 3.05) is 31.0 Å². The third-order valence-corrected chi connectivity index (χ3v) is 6.60. The van der Waals surface area contributed by atoms with Gasteiger partial charge in [0.25, 0.3) is 0 Å². The Labute approximate surface area is 228 Å². The molecular formula is C27H41N5O7+2. The van der Waals surface area contributed by atoms with Crippen LogP contribution in [0, 0.1) is 15.5 Å². The second-order valence-corrected chi connectivity index (χ2v) is 11.4. The molecule has 0 bridgehead atoms. The summed E-state index contributed by atoms with van der Waals surface area (Å²) in [5.41, 5.74) is -0.672. The molecule has 1 aromatic heterocycles. The molecule has 1 saturated carbocycles. The first-order chi connectivity index (χ1) is 18.3. The molecule has 0 amide bonds. The number of nitro groups is 1. The number of aliphatic hydroxyl groups excluding tert-OH is 1. The number of hydrogen-bond acceptors (Lipinski definition) is 9. The van der Waals surface area contributed by atoms with Crippen molar-refractivity contribution in [3.63, 3.8) is 0 Å². The molecule has 1 fully saturated rings. The summed E-state index contributed by atoms with van der Waals surface area (Å²) < 4.78 is 16.1. The Morgan fingerprint density at radius 3 is 2.46 bits per heavy atom. The van der Waals surface area contributed by atoms with Gasteiger partial charge in [-0.05, 0) is 65.7 Å². The molecular weight excluding hydrogens is 506 g/mol. The van der Waals surface area contributed by atoms with Gasteiger partial charge in [0, 0.05) is 25.3 Å². The first-order valence-electron chi connectivity index (χ1n) is 13.0. The number of carbonyl (C=O) groups is 1. The fourth-order valence-electron chi connectivity index (χ4n) is 4.60. The summed E-state index contributed by atoms with van der Waals surface area (Å²) in [4.78, 5) is 32.8. The summed E-state index contributed by atoms with van der Waals surface area (Å²) in [6.07, 6.45) is 3.93. The lowest BCUT2D eigenvalue weighted by Gasteiger charge is -2.35. The molecule has 0 saturated heterocycles. The van der Waals surface area contributed by atoms with Crippen LogP contribution in [0.1, 0.15) is 72.2 Å². The van der Waals surface area contributed by atoms with Crippen LogP contribution in [0.4, 0.5) is 23.1 Å². The highest BCUT2D eigenvalue weighted by Gasteiger charge is 2.42. The number of hydrogen-bond donors (Lipinski definition) is 2. The third-order valence-electron chi connectivity index (χ3n) is 6.60. The average molecular weight is 548 g/mol. The van der Waals surface area contributed by atoms with Gasteiger partial charge < -0.3 is 24.2 Å². The molecule has 12 nitrogen and oxygen atoms in total. The molecule has 214 valence electrons. The summed E-state index contributed by atoms with van der Waals surface area (Å²) in [5, 5.41) is 25.3. The number of H-pyrrole nitrogens is 2. The fraction of sp³-hybridized carbons (Fsp3) is 0.593. The number of esters is 1. The Balaban J connectivity index is 2.02. The summed E-state index contributed by atoms with van der Waals surface area (Å²) in [6.45, 7) is 9.26. The molecule has 1 aliphatic carbocycles. The van der Waals surface area contributed by atoms with E-state index >= 15 is 0 Å². The Bertz CT molecular complexity index is 1180. The quantitative estimate of drug-likeness (QED) is 0.185. The van der Waals surface area contributed by atoms with E-state index in [-0.39, 0.29) is 30.1 Å². The fourth-order valence-corrected chi connectivity index (χ4v) is 4.60. The van der Waals surface area contributed by atoms with Gasteiger partial charge in [-0.2, -0.15) is 10.3 Å². The second-order valence-electron chi connectivity index (χ2n) is 11.4. The van der Waals surface area contributed by atoms with Crippen LogP contribution in [0.3, 0.4) is 0 Å². The zero-order valence-electron chi connectivity index (χ0n) is 23.8. The smallest absolute Gasteiger partial charge is 0.492 e. The molecule has 12 heteroatoms. The van der Waals surface area contributed by atoms with Gasteiger partial charge >= 0.3 is 23.4 Å². The molecule has 1 heterocycles. The summed E-state index contributed by atoms with van der Waals surface area (Å²) in [5.74, 6) is 0.718. The van der Waals surface area contributed by atoms with Crippen molar-refractivity contribution in [1.82, 2.24) is 0 Å². The number of aromatic nitrogens is 2. The van der Waals surface area contributed by atoms with Crippen molar-refractivity contribution >= 4 is 29.1 Å². The maximum atomic E-state index is 13.1. The number of carbonyl (C=O) groups excluding carboxylic acids is 1. The highest BCUT2D eigenvalue weighted by molar-refractivity contribution is 5.77. The predicted octanol–water partition coefficient (Wildman–Crippen LogP) is 3.73. The number of aliphatic hydroxyl groups is 1. The Hall–Kier alpha value is -3.51. The lowest BCUT2D eigenvalue weighted by atomic mass is 9.91. The minimum atomic E-state index is -1.11. The molecule has 1 atom stereocenters. The van der Waals surface area contributed by atoms with Crippen LogP contribution in [0.15, 0.2) is 24.4 Å². The van der Waals surface area contributed by atoms with Crippen LogP contribution < -0.4 is 24.9 Å². The Morgan fingerprint density at radius 1 is 1.23 bits per heavy atom. The van der Waals surface area contributed by atoms with Crippen molar-refractivity contribution in [3.05, 3.63) is 40.1 Å². The Morgan fingerprint density at radius 2 is 1.90 bits per heavy atom. The molecule has 2 aromatic rings. The van der Waals surface area contributed by atoms with Crippen molar-refractivity contribution in [2.24, 2.45) is 5.41 Å². The van der Waals surface area contributed by atoms with Crippen molar-refractivity contribution in [3.8, 4) is 5.75 Å². The molecule has 4 N–H and O–H groups in total. The molecule has 1 aromatic carbocycles. The zero-order valence-corrected chi connectivity index (χ0v) is 23.8. The van der Waals surface area contributed by atoms with E-state index in [0.717, 1.165) is 25.7 Å². The first-order valence-corrected chi connectivity index (χ1v) is 13.0. The van der Waals surface area contributed by atoms with Crippen LogP contribution in [0.25, 0.3) is 0 Å². The van der Waals surface area contributed by atoms with E-state index in [9.17, 15) is 20.0 Å². The number of ether oxygens (including phenoxy) is 3. The lowest BCUT2D eigenvalue weighted by molar-refractivity contribution is -0.511. The summed E-state index contributed by atoms with van der Waals surface area (Å²) in [7, 11) is 2.89. The lowest BCUT2D eigenvalue weighted by Crippen LogP contribution is -2.48. The Kier molecular flexibility index (Phi) is 9.34. The van der Waals surface area contributed by atoms with Gasteiger partial charge in [0.2, 0.25) is 6.20 Å². The molecule has 0 radical (unpaired) electrons. The highest BCUT2D eigenvalue weighted by Crippen LogP contribution is 2.35. The van der Waals surface area contributed by atoms with E-state index < -0.39 is 22.2 Å². The molecule has 39 heavy (non-hydrogen) atoms. The number of aromatic amines is 2. The molecule has 0 aliphatic heterocycles. The number of nitrogens with one attached hydrogen (secondary N) is 3. The van der Waals surface area contributed by atoms with E-state index in [0.29, 0.717) is 22.9 Å². The SMILES string of the molecule is COc1cc(C(O)OC)ccc1Nc1[nH+]cc([N+](=O)[O-])c(N(CC(C)(C)C(=O)OC(C)(C)C)C2CCCC2)[nH+]1. The minimum absolute atomic E-state index is 0.0151. The van der Waals surface area contributed by atoms with Crippen LogP contribution in [-0.4, -0.2) is 48.4 Å². The topological polar surface area (TPSA) is 152 Å². The van der Waals surface area contributed by atoms with Crippen molar-refractivity contribution in [1.29, 1.82) is 0 Å². The van der Waals surface area contributed by atoms with Gasteiger partial charge in [-0.3, -0.25) is 14.9 Å². The first kappa shape index (κ1) is 30.0. The average Bonchev–Trinajstić information content (AvgIpc) is 3.40. The van der Waals surface area contributed by atoms with E-state index in [1.165, 1.54) is 20.4 Å². The van der Waals surface area contributed by atoms with Crippen molar-refractivity contribution in [2.45, 2.75) is 78.2 Å². The van der Waals surface area contributed by atoms with E-state index in [2.05, 4.69) is 15.3 Å². The number of rotatable bonds is 11. The molecule has 1 unspecified atom stereocenters. The highest BCUT2D eigenvalue weighted by atomic mass is 16.6. The third kappa shape index (κ3) is 7.54. The second kappa shape index (κ2) is 12.1. The maximum absolute atomic E-state index is 13.1. The maximum Gasteiger partial charge on any atom is 0.528 e. The van der Waals surface area contributed by atoms with Crippen molar-refractivity contribution < 1.29 is 39.0 Å². The predicted molar refractivity (Wildman–Crippen MR) is 144 cm³/mol. The van der Waals surface area contributed by atoms with Gasteiger partial charge in [0.1, 0.15) is 5.60 Å². The van der Waals surface area contributed by atoms with E-state index in [1.807, 2.05) is 25.7 Å². The van der Waals surface area contributed by atoms with Gasteiger partial charge in [-0.25, -0.2) is 0 Å². The largest absolute Gasteiger partial charge is 0.528 e. The number of methoxy groups -OCH3 is 2. The van der Waals surface area contributed by atoms with Crippen LogP contribution in [0.5, 0.6) is 5.75 Å². The van der Waals surface area contributed by atoms with Crippen LogP contribution >= 0.6 is 0 Å². The zero-order chi connectivity index (χ0) is 29.0. The van der Waals surface area contributed by atoms with E-state index in [1.54, 1.807) is 32.0 Å². The summed E-state index contributed by atoms with van der Waals surface area (Å²) >= 11 is 0. The monoisotopic (exact) mass is 547 g/mol. The number of nitrogens with zero attached hydrogens (tertiary/aromatic N) is 2. The van der Waals surface area contributed by atoms with E-state index in [4.69, 9.17) is 14.2 Å². The van der Waals surface area contributed by atoms with Crippen LogP contribution in [0.2, 0.25) is 0 Å². The summed E-state index contributed by atoms with van der Waals surface area (Å²) in [6, 6.07) is 5.04. The standard InChI is InChI=1S/C27H39N5O7/c1-26(2,3)39-24(34)27(4,5)16-31(18-10-8-9-11-18)22-20(32(35)36)15-28-25(30-22)29-19-13-12-17(23(33)38-7)14-21(19)37-6/h12-15,18,23,33H,8-11,16H2,1-7H3,(H,28,29,30)/p+2. The number of anilines is 3. The minimum Gasteiger partial charge on any atom is -0.492 e. The van der Waals surface area contributed by atoms with Gasteiger partial charge in [-0.15, -0.1) is 4.98 Å². The molecule has 3 rings (SSSR count). The van der Waals surface area contributed by atoms with Gasteiger partial charge in [0.05, 0.1) is 17.4 Å². The van der Waals surface area contributed by atoms with Gasteiger partial charge in [0.15, 0.2) is 17.7 Å². The normalized spacial score (nSPS) is 15.1.